The molecule has 2 bridgehead atoms. The monoisotopic (exact) mass is 741 g/mol. The van der Waals surface area contributed by atoms with Crippen LogP contribution < -0.4 is 15.0 Å². The van der Waals surface area contributed by atoms with E-state index in [9.17, 15) is 14.9 Å². The third-order valence-corrected chi connectivity index (χ3v) is 11.8. The van der Waals surface area contributed by atoms with Crippen molar-refractivity contribution in [1.29, 1.82) is 5.26 Å². The summed E-state index contributed by atoms with van der Waals surface area (Å²) in [6.45, 7) is 9.28. The van der Waals surface area contributed by atoms with Gasteiger partial charge in [0.15, 0.2) is 11.5 Å². The van der Waals surface area contributed by atoms with E-state index in [1.807, 2.05) is 37.8 Å². The maximum absolute atomic E-state index is 14.4. The van der Waals surface area contributed by atoms with E-state index >= 15 is 0 Å². The Balaban J connectivity index is 1.09. The number of methoxy groups -OCH3 is 1. The lowest BCUT2D eigenvalue weighted by Crippen LogP contribution is -2.46. The van der Waals surface area contributed by atoms with Gasteiger partial charge in [-0.25, -0.2) is 14.8 Å². The zero-order valence-corrected chi connectivity index (χ0v) is 31.9. The number of carbonyl (C=O) groups is 2. The van der Waals surface area contributed by atoms with Crippen molar-refractivity contribution in [3.63, 3.8) is 0 Å². The number of piperidine rings is 1. The highest BCUT2D eigenvalue weighted by Gasteiger charge is 2.50. The highest BCUT2D eigenvalue weighted by molar-refractivity contribution is 6.00. The number of anilines is 1. The predicted molar refractivity (Wildman–Crippen MR) is 208 cm³/mol. The molecule has 2 saturated carbocycles. The van der Waals surface area contributed by atoms with Gasteiger partial charge in [0.05, 0.1) is 42.8 Å². The number of hydrogen-bond donors (Lipinski definition) is 1. The molecule has 13 nitrogen and oxygen atoms in total. The second-order valence-electron chi connectivity index (χ2n) is 16.7. The minimum Gasteiger partial charge on any atom is -0.494 e. The fourth-order valence-electron chi connectivity index (χ4n) is 9.10. The molecule has 0 unspecified atom stereocenters. The number of likely N-dealkylation sites (tertiary alicyclic amines) is 1. The van der Waals surface area contributed by atoms with Crippen molar-refractivity contribution in [2.75, 3.05) is 31.6 Å². The van der Waals surface area contributed by atoms with Crippen LogP contribution in [0.4, 0.5) is 10.6 Å². The second kappa shape index (κ2) is 13.6. The minimum absolute atomic E-state index is 0.0884. The number of nitriles is 1. The van der Waals surface area contributed by atoms with Crippen molar-refractivity contribution >= 4 is 39.8 Å². The molecule has 4 aliphatic rings. The summed E-state index contributed by atoms with van der Waals surface area (Å²) in [5, 5.41) is 13.7. The number of benzene rings is 2. The van der Waals surface area contributed by atoms with Gasteiger partial charge in [-0.05, 0) is 94.9 Å². The summed E-state index contributed by atoms with van der Waals surface area (Å²) in [5.74, 6) is 3.14. The van der Waals surface area contributed by atoms with Gasteiger partial charge in [-0.2, -0.15) is 5.26 Å². The molecule has 9 rings (SSSR count). The first-order valence-corrected chi connectivity index (χ1v) is 19.5. The number of nitrogens with one attached hydrogen (secondary N) is 1. The summed E-state index contributed by atoms with van der Waals surface area (Å²) >= 11 is 0. The minimum atomic E-state index is -0.604. The van der Waals surface area contributed by atoms with Crippen LogP contribution in [0.2, 0.25) is 0 Å². The van der Waals surface area contributed by atoms with Crippen molar-refractivity contribution in [1.82, 2.24) is 34.3 Å². The van der Waals surface area contributed by atoms with E-state index in [0.717, 1.165) is 55.9 Å². The van der Waals surface area contributed by atoms with E-state index in [-0.39, 0.29) is 29.8 Å². The summed E-state index contributed by atoms with van der Waals surface area (Å²) in [6, 6.07) is 16.4. The van der Waals surface area contributed by atoms with Gasteiger partial charge < -0.3 is 33.7 Å². The maximum Gasteiger partial charge on any atom is 0.407 e. The lowest BCUT2D eigenvalue weighted by Gasteiger charge is -2.28. The van der Waals surface area contributed by atoms with E-state index in [1.165, 1.54) is 29.9 Å². The van der Waals surface area contributed by atoms with Gasteiger partial charge in [-0.15, -0.1) is 0 Å². The highest BCUT2D eigenvalue weighted by atomic mass is 16.6. The molecule has 55 heavy (non-hydrogen) atoms. The van der Waals surface area contributed by atoms with Crippen LogP contribution in [0.3, 0.4) is 0 Å². The zero-order chi connectivity index (χ0) is 38.0. The van der Waals surface area contributed by atoms with Gasteiger partial charge in [-0.3, -0.25) is 9.78 Å². The van der Waals surface area contributed by atoms with E-state index in [1.54, 1.807) is 13.3 Å². The molecular formula is C42H47N9O4. The molecular weight excluding hydrogens is 695 g/mol. The number of para-hydroxylation sites is 1. The van der Waals surface area contributed by atoms with Crippen molar-refractivity contribution in [3.8, 4) is 23.3 Å². The summed E-state index contributed by atoms with van der Waals surface area (Å²) in [6.07, 6.45) is 7.92. The Kier molecular flexibility index (Phi) is 8.67. The third-order valence-electron chi connectivity index (χ3n) is 11.8. The Hall–Kier alpha value is -5.64. The number of fused-ring (bicyclic) bond motifs is 4. The van der Waals surface area contributed by atoms with Crippen LogP contribution in [0, 0.1) is 29.1 Å². The molecule has 13 heteroatoms. The number of carbonyl (C=O) groups excluding carboxylic acids is 2. The molecule has 3 aromatic heterocycles. The number of imidazole rings is 1. The van der Waals surface area contributed by atoms with Gasteiger partial charge in [-0.1, -0.05) is 18.2 Å². The molecule has 4 fully saturated rings. The number of alkyl carbamates (subject to hydrolysis) is 1. The molecule has 2 aliphatic carbocycles. The Morgan fingerprint density at radius 3 is 2.56 bits per heavy atom. The summed E-state index contributed by atoms with van der Waals surface area (Å²) in [4.78, 5) is 45.4. The Bertz CT molecular complexity index is 2350. The van der Waals surface area contributed by atoms with E-state index in [4.69, 9.17) is 14.5 Å². The van der Waals surface area contributed by atoms with Gasteiger partial charge in [0.25, 0.3) is 5.91 Å². The summed E-state index contributed by atoms with van der Waals surface area (Å²) in [7, 11) is 1.65. The first-order valence-electron chi connectivity index (χ1n) is 19.5. The van der Waals surface area contributed by atoms with Crippen molar-refractivity contribution in [2.24, 2.45) is 17.8 Å². The summed E-state index contributed by atoms with van der Waals surface area (Å²) in [5.41, 5.74) is 4.02. The van der Waals surface area contributed by atoms with Crippen molar-refractivity contribution in [3.05, 3.63) is 66.1 Å². The van der Waals surface area contributed by atoms with Crippen LogP contribution in [-0.4, -0.2) is 85.4 Å². The maximum atomic E-state index is 14.4. The molecule has 2 aliphatic heterocycles. The zero-order valence-electron chi connectivity index (χ0n) is 31.9. The SMILES string of the molecule is COc1cc(C(=O)N2C[C@H]3CC[C@@H]2[C@@H]3NC(=O)OC(C)(C)C)cc2nc(-c3cc4ccccc4n3CC3CC3)n(C[C@H]3CCN(c4cncc(C#N)n4)C3)c12. The molecule has 2 amide bonds. The molecule has 5 aromatic rings. The van der Waals surface area contributed by atoms with Crippen LogP contribution in [0.15, 0.2) is 54.9 Å². The Morgan fingerprint density at radius 1 is 0.964 bits per heavy atom. The van der Waals surface area contributed by atoms with Crippen LogP contribution in [0.25, 0.3) is 33.5 Å². The number of aromatic nitrogens is 5. The first kappa shape index (κ1) is 35.1. The topological polar surface area (TPSA) is 143 Å². The van der Waals surface area contributed by atoms with Crippen molar-refractivity contribution in [2.45, 2.75) is 83.6 Å². The van der Waals surface area contributed by atoms with Crippen LogP contribution in [0.5, 0.6) is 5.75 Å². The van der Waals surface area contributed by atoms with Crippen LogP contribution in [0.1, 0.15) is 68.9 Å². The fraction of sp³-hybridized carbons (Fsp3) is 0.476. The standard InChI is InChI=1S/C42H47N9O4/c1-42(2,3)55-41(53)47-37-28-11-12-33(37)50(24-28)40(52)29-15-31-38(35(17-29)54-4)51(23-26-13-14-48(21-26)36-20-44-19-30(18-43)45-36)39(46-31)34-16-27-7-5-6-8-32(27)49(34)22-25-9-10-25/h5-8,15-17,19-20,25-26,28,33,37H,9-14,21-24H2,1-4H3,(H,47,53)/t26-,28+,33+,37+/m0/s1. The molecule has 2 saturated heterocycles. The third kappa shape index (κ3) is 6.61. The molecule has 4 atom stereocenters. The first-order chi connectivity index (χ1) is 26.6. The molecule has 284 valence electrons. The average Bonchev–Trinajstić information content (AvgIpc) is 3.51. The lowest BCUT2D eigenvalue weighted by molar-refractivity contribution is 0.0485. The summed E-state index contributed by atoms with van der Waals surface area (Å²) < 4.78 is 16.4. The van der Waals surface area contributed by atoms with E-state index in [0.29, 0.717) is 47.3 Å². The molecule has 0 spiro atoms. The molecule has 2 aromatic carbocycles. The fourth-order valence-corrected chi connectivity index (χ4v) is 9.10. The second-order valence-corrected chi connectivity index (χ2v) is 16.7. The molecule has 5 heterocycles. The lowest BCUT2D eigenvalue weighted by atomic mass is 10.1. The van der Waals surface area contributed by atoms with Gasteiger partial charge in [0.2, 0.25) is 0 Å². The van der Waals surface area contributed by atoms with Gasteiger partial charge in [0, 0.05) is 49.2 Å². The number of nitrogens with zero attached hydrogens (tertiary/aromatic N) is 8. The number of hydrogen-bond acceptors (Lipinski definition) is 9. The van der Waals surface area contributed by atoms with E-state index < -0.39 is 11.7 Å². The van der Waals surface area contributed by atoms with Crippen LogP contribution >= 0.6 is 0 Å². The van der Waals surface area contributed by atoms with Gasteiger partial charge >= 0.3 is 6.09 Å². The largest absolute Gasteiger partial charge is 0.494 e. The number of ether oxygens (including phenoxy) is 2. The molecule has 1 N–H and O–H groups in total. The predicted octanol–water partition coefficient (Wildman–Crippen LogP) is 6.39. The quantitative estimate of drug-likeness (QED) is 0.182. The number of amides is 2. The highest BCUT2D eigenvalue weighted by Crippen LogP contribution is 2.42. The average molecular weight is 742 g/mol. The van der Waals surface area contributed by atoms with Crippen LogP contribution in [-0.2, 0) is 17.8 Å². The van der Waals surface area contributed by atoms with E-state index in [2.05, 4.69) is 65.7 Å². The normalized spacial score (nSPS) is 22.1. The number of rotatable bonds is 9. The molecule has 0 radical (unpaired) electrons. The smallest absolute Gasteiger partial charge is 0.407 e. The Morgan fingerprint density at radius 2 is 1.78 bits per heavy atom. The Labute approximate surface area is 320 Å². The van der Waals surface area contributed by atoms with Crippen molar-refractivity contribution < 1.29 is 19.1 Å². The van der Waals surface area contributed by atoms with Gasteiger partial charge in [0.1, 0.15) is 28.8 Å².